The van der Waals surface area contributed by atoms with Crippen molar-refractivity contribution in [3.05, 3.63) is 57.0 Å². The number of aldehydes is 1. The van der Waals surface area contributed by atoms with Crippen LogP contribution in [0.1, 0.15) is 10.4 Å². The van der Waals surface area contributed by atoms with Crippen LogP contribution in [0.15, 0.2) is 34.8 Å². The maximum Gasteiger partial charge on any atom is 0.153 e. The highest BCUT2D eigenvalue weighted by Crippen LogP contribution is 2.34. The van der Waals surface area contributed by atoms with Gasteiger partial charge in [-0.25, -0.2) is 8.78 Å². The van der Waals surface area contributed by atoms with Gasteiger partial charge < -0.3 is 4.74 Å². The second-order valence-corrected chi connectivity index (χ2v) is 4.86. The van der Waals surface area contributed by atoms with Gasteiger partial charge >= 0.3 is 0 Å². The Labute approximate surface area is 121 Å². The second-order valence-electron chi connectivity index (χ2n) is 3.60. The molecule has 6 heteroatoms. The van der Waals surface area contributed by atoms with Crippen molar-refractivity contribution >= 4 is 33.8 Å². The van der Waals surface area contributed by atoms with Crippen LogP contribution in [0.5, 0.6) is 11.5 Å². The molecule has 0 saturated carbocycles. The van der Waals surface area contributed by atoms with Gasteiger partial charge in [0.05, 0.1) is 15.1 Å². The van der Waals surface area contributed by atoms with E-state index in [1.165, 1.54) is 12.1 Å². The molecule has 2 aromatic carbocycles. The van der Waals surface area contributed by atoms with Crippen LogP contribution in [0.25, 0.3) is 0 Å². The molecule has 0 bridgehead atoms. The van der Waals surface area contributed by atoms with Crippen molar-refractivity contribution in [1.82, 2.24) is 0 Å². The lowest BCUT2D eigenvalue weighted by Crippen LogP contribution is -1.93. The Kier molecular flexibility index (Phi) is 4.17. The standard InChI is InChI=1S/C13H6BrClF2O2/c14-9-4-10(15)11(17)5-13(9)19-12-2-1-8(16)3-7(12)6-18/h1-6H. The van der Waals surface area contributed by atoms with E-state index in [4.69, 9.17) is 16.3 Å². The van der Waals surface area contributed by atoms with Gasteiger partial charge in [0, 0.05) is 6.07 Å². The van der Waals surface area contributed by atoms with Gasteiger partial charge in [0.1, 0.15) is 23.1 Å². The Morgan fingerprint density at radius 3 is 2.58 bits per heavy atom. The summed E-state index contributed by atoms with van der Waals surface area (Å²) in [6.45, 7) is 0. The van der Waals surface area contributed by atoms with Gasteiger partial charge in [-0.05, 0) is 40.2 Å². The average molecular weight is 348 g/mol. The molecule has 0 unspecified atom stereocenters. The van der Waals surface area contributed by atoms with Crippen molar-refractivity contribution in [1.29, 1.82) is 0 Å². The van der Waals surface area contributed by atoms with Crippen LogP contribution in [-0.2, 0) is 0 Å². The highest BCUT2D eigenvalue weighted by atomic mass is 79.9. The van der Waals surface area contributed by atoms with E-state index in [1.54, 1.807) is 0 Å². The van der Waals surface area contributed by atoms with Crippen LogP contribution >= 0.6 is 27.5 Å². The van der Waals surface area contributed by atoms with Crippen molar-refractivity contribution in [2.45, 2.75) is 0 Å². The zero-order valence-electron chi connectivity index (χ0n) is 9.29. The third-order valence-electron chi connectivity index (χ3n) is 2.29. The van der Waals surface area contributed by atoms with Gasteiger partial charge in [-0.1, -0.05) is 11.6 Å². The first-order chi connectivity index (χ1) is 9.01. The molecule has 0 N–H and O–H groups in total. The fourth-order valence-electron chi connectivity index (χ4n) is 1.41. The topological polar surface area (TPSA) is 26.3 Å². The van der Waals surface area contributed by atoms with Crippen LogP contribution < -0.4 is 4.74 Å². The first kappa shape index (κ1) is 14.0. The third kappa shape index (κ3) is 3.11. The largest absolute Gasteiger partial charge is 0.455 e. The Balaban J connectivity index is 2.41. The number of benzene rings is 2. The molecule has 0 atom stereocenters. The molecule has 2 aromatic rings. The van der Waals surface area contributed by atoms with Crippen molar-refractivity contribution in [3.8, 4) is 11.5 Å². The number of halogens is 4. The summed E-state index contributed by atoms with van der Waals surface area (Å²) in [6, 6.07) is 5.86. The fraction of sp³-hybridized carbons (Fsp3) is 0. The van der Waals surface area contributed by atoms with Crippen molar-refractivity contribution in [2.24, 2.45) is 0 Å². The number of carbonyl (C=O) groups is 1. The zero-order valence-corrected chi connectivity index (χ0v) is 11.6. The van der Waals surface area contributed by atoms with Crippen molar-refractivity contribution < 1.29 is 18.3 Å². The van der Waals surface area contributed by atoms with Gasteiger partial charge in [0.15, 0.2) is 6.29 Å². The van der Waals surface area contributed by atoms with Gasteiger partial charge in [-0.3, -0.25) is 4.79 Å². The molecule has 98 valence electrons. The van der Waals surface area contributed by atoms with Crippen LogP contribution in [0.4, 0.5) is 8.78 Å². The van der Waals surface area contributed by atoms with E-state index >= 15 is 0 Å². The Morgan fingerprint density at radius 1 is 1.16 bits per heavy atom. The molecule has 0 heterocycles. The molecule has 0 saturated heterocycles. The van der Waals surface area contributed by atoms with Gasteiger partial charge in [-0.15, -0.1) is 0 Å². The summed E-state index contributed by atoms with van der Waals surface area (Å²) in [7, 11) is 0. The highest BCUT2D eigenvalue weighted by Gasteiger charge is 2.11. The molecule has 0 fully saturated rings. The quantitative estimate of drug-likeness (QED) is 0.578. The van der Waals surface area contributed by atoms with E-state index < -0.39 is 11.6 Å². The molecule has 0 aliphatic carbocycles. The zero-order chi connectivity index (χ0) is 14.0. The van der Waals surface area contributed by atoms with E-state index in [1.807, 2.05) is 0 Å². The molecular weight excluding hydrogens is 341 g/mol. The maximum absolute atomic E-state index is 13.3. The predicted octanol–water partition coefficient (Wildman–Crippen LogP) is 4.99. The molecule has 0 radical (unpaired) electrons. The summed E-state index contributed by atoms with van der Waals surface area (Å²) in [5.74, 6) is -0.958. The third-order valence-corrected chi connectivity index (χ3v) is 3.20. The average Bonchev–Trinajstić information content (AvgIpc) is 2.37. The summed E-state index contributed by atoms with van der Waals surface area (Å²) in [4.78, 5) is 10.8. The lowest BCUT2D eigenvalue weighted by atomic mass is 10.2. The Hall–Kier alpha value is -1.46. The number of hydrogen-bond acceptors (Lipinski definition) is 2. The monoisotopic (exact) mass is 346 g/mol. The molecule has 0 aliphatic heterocycles. The summed E-state index contributed by atoms with van der Waals surface area (Å²) < 4.78 is 32.1. The van der Waals surface area contributed by atoms with E-state index in [9.17, 15) is 13.6 Å². The fourth-order valence-corrected chi connectivity index (χ4v) is 2.13. The van der Waals surface area contributed by atoms with Gasteiger partial charge in [-0.2, -0.15) is 0 Å². The lowest BCUT2D eigenvalue weighted by Gasteiger charge is -2.10. The molecule has 19 heavy (non-hydrogen) atoms. The van der Waals surface area contributed by atoms with E-state index in [0.29, 0.717) is 10.8 Å². The molecule has 0 spiro atoms. The molecule has 0 amide bonds. The number of hydrogen-bond donors (Lipinski definition) is 0. The minimum atomic E-state index is -0.658. The summed E-state index contributed by atoms with van der Waals surface area (Å²) in [5.41, 5.74) is 0.0299. The van der Waals surface area contributed by atoms with Crippen LogP contribution in [0, 0.1) is 11.6 Å². The van der Waals surface area contributed by atoms with Crippen molar-refractivity contribution in [3.63, 3.8) is 0 Å². The SMILES string of the molecule is O=Cc1cc(F)ccc1Oc1cc(F)c(Cl)cc1Br. The minimum Gasteiger partial charge on any atom is -0.455 e. The summed E-state index contributed by atoms with van der Waals surface area (Å²) >= 11 is 8.76. The van der Waals surface area contributed by atoms with Crippen LogP contribution in [0.2, 0.25) is 5.02 Å². The Bertz CT molecular complexity index is 647. The number of ether oxygens (including phenoxy) is 1. The minimum absolute atomic E-state index is 0.0299. The smallest absolute Gasteiger partial charge is 0.153 e. The lowest BCUT2D eigenvalue weighted by molar-refractivity contribution is 0.112. The molecular formula is C13H6BrClF2O2. The van der Waals surface area contributed by atoms with Crippen LogP contribution in [-0.4, -0.2) is 6.29 Å². The summed E-state index contributed by atoms with van der Waals surface area (Å²) in [5, 5.41) is -0.0612. The van der Waals surface area contributed by atoms with Gasteiger partial charge in [0.25, 0.3) is 0 Å². The normalized spacial score (nSPS) is 10.3. The van der Waals surface area contributed by atoms with E-state index in [-0.39, 0.29) is 22.1 Å². The van der Waals surface area contributed by atoms with Crippen molar-refractivity contribution in [2.75, 3.05) is 0 Å². The van der Waals surface area contributed by atoms with E-state index in [2.05, 4.69) is 15.9 Å². The maximum atomic E-state index is 13.3. The molecule has 2 rings (SSSR count). The highest BCUT2D eigenvalue weighted by molar-refractivity contribution is 9.10. The molecule has 2 nitrogen and oxygen atoms in total. The second kappa shape index (κ2) is 5.67. The van der Waals surface area contributed by atoms with E-state index in [0.717, 1.165) is 18.2 Å². The molecule has 0 aromatic heterocycles. The van der Waals surface area contributed by atoms with Gasteiger partial charge in [0.2, 0.25) is 0 Å². The molecule has 0 aliphatic rings. The first-order valence-electron chi connectivity index (χ1n) is 5.08. The Morgan fingerprint density at radius 2 is 1.89 bits per heavy atom. The number of carbonyl (C=O) groups excluding carboxylic acids is 1. The summed E-state index contributed by atoms with van der Waals surface area (Å²) in [6.07, 6.45) is 0.457. The first-order valence-corrected chi connectivity index (χ1v) is 6.25. The predicted molar refractivity (Wildman–Crippen MR) is 71.0 cm³/mol. The number of rotatable bonds is 3. The van der Waals surface area contributed by atoms with Crippen LogP contribution in [0.3, 0.4) is 0 Å².